The van der Waals surface area contributed by atoms with Crippen molar-refractivity contribution in [1.82, 2.24) is 5.32 Å². The van der Waals surface area contributed by atoms with Crippen LogP contribution in [-0.4, -0.2) is 27.5 Å². The van der Waals surface area contributed by atoms with Crippen LogP contribution < -0.4 is 14.4 Å². The normalized spacial score (nSPS) is 12.1. The fourth-order valence-corrected chi connectivity index (χ4v) is 5.27. The zero-order valence-corrected chi connectivity index (χ0v) is 21.3. The van der Waals surface area contributed by atoms with E-state index in [-0.39, 0.29) is 17.5 Å². The molecule has 0 bridgehead atoms. The average Bonchev–Trinajstić information content (AvgIpc) is 2.79. The number of hydrogen-bond donors (Lipinski definition) is 1. The van der Waals surface area contributed by atoms with Gasteiger partial charge in [0.2, 0.25) is 5.91 Å². The molecular weight excluding hydrogens is 472 g/mol. The topological polar surface area (TPSA) is 75.7 Å². The Morgan fingerprint density at radius 2 is 1.68 bits per heavy atom. The van der Waals surface area contributed by atoms with E-state index in [0.29, 0.717) is 22.9 Å². The molecule has 34 heavy (non-hydrogen) atoms. The third kappa shape index (κ3) is 6.10. The Kier molecular flexibility index (Phi) is 8.23. The molecule has 3 rings (SSSR count). The molecule has 0 saturated carbocycles. The van der Waals surface area contributed by atoms with Gasteiger partial charge in [-0.05, 0) is 81.3 Å². The van der Waals surface area contributed by atoms with Crippen LogP contribution in [0.2, 0.25) is 5.02 Å². The van der Waals surface area contributed by atoms with Gasteiger partial charge < -0.3 is 10.1 Å². The van der Waals surface area contributed by atoms with E-state index in [1.165, 1.54) is 0 Å². The highest BCUT2D eigenvalue weighted by molar-refractivity contribution is 7.92. The lowest BCUT2D eigenvalue weighted by atomic mass is 10.1. The Morgan fingerprint density at radius 3 is 2.26 bits per heavy atom. The number of carbonyl (C=O) groups is 1. The highest BCUT2D eigenvalue weighted by Crippen LogP contribution is 2.29. The van der Waals surface area contributed by atoms with Crippen molar-refractivity contribution in [2.45, 2.75) is 38.6 Å². The zero-order valence-electron chi connectivity index (χ0n) is 19.7. The first kappa shape index (κ1) is 25.6. The lowest BCUT2D eigenvalue weighted by molar-refractivity contribution is -0.120. The molecule has 8 heteroatoms. The van der Waals surface area contributed by atoms with Crippen LogP contribution in [0.3, 0.4) is 0 Å². The summed E-state index contributed by atoms with van der Waals surface area (Å²) in [7, 11) is -4.00. The van der Waals surface area contributed by atoms with Gasteiger partial charge in [0.25, 0.3) is 10.0 Å². The van der Waals surface area contributed by atoms with Gasteiger partial charge in [-0.2, -0.15) is 0 Å². The molecule has 3 aromatic rings. The second kappa shape index (κ2) is 10.9. The van der Waals surface area contributed by atoms with Crippen molar-refractivity contribution >= 4 is 33.2 Å². The quantitative estimate of drug-likeness (QED) is 0.425. The number of benzene rings is 3. The molecule has 0 unspecified atom stereocenters. The maximum atomic E-state index is 13.6. The van der Waals surface area contributed by atoms with Crippen molar-refractivity contribution < 1.29 is 17.9 Å². The van der Waals surface area contributed by atoms with Gasteiger partial charge in [-0.3, -0.25) is 9.10 Å². The van der Waals surface area contributed by atoms with Gasteiger partial charge in [-0.15, -0.1) is 0 Å². The Morgan fingerprint density at radius 1 is 1.03 bits per heavy atom. The molecule has 1 N–H and O–H groups in total. The zero-order chi connectivity index (χ0) is 24.9. The van der Waals surface area contributed by atoms with E-state index in [0.717, 1.165) is 21.2 Å². The van der Waals surface area contributed by atoms with Crippen LogP contribution in [0.1, 0.15) is 36.6 Å². The molecule has 1 amide bonds. The van der Waals surface area contributed by atoms with Crippen LogP contribution in [0.15, 0.2) is 71.6 Å². The summed E-state index contributed by atoms with van der Waals surface area (Å²) in [5, 5.41) is 3.39. The average molecular weight is 501 g/mol. The first-order chi connectivity index (χ1) is 16.1. The third-order valence-electron chi connectivity index (χ3n) is 5.39. The minimum absolute atomic E-state index is 0.111. The van der Waals surface area contributed by atoms with E-state index < -0.39 is 15.9 Å². The number of anilines is 1. The van der Waals surface area contributed by atoms with Crippen molar-refractivity contribution in [3.05, 3.63) is 88.4 Å². The van der Waals surface area contributed by atoms with Gasteiger partial charge in [-0.25, -0.2) is 8.42 Å². The maximum Gasteiger partial charge on any atom is 0.264 e. The Bertz CT molecular complexity index is 1240. The summed E-state index contributed by atoms with van der Waals surface area (Å²) in [5.74, 6) is 0.324. The smallest absolute Gasteiger partial charge is 0.264 e. The molecule has 1 atom stereocenters. The van der Waals surface area contributed by atoms with Gasteiger partial charge in [0.15, 0.2) is 0 Å². The van der Waals surface area contributed by atoms with Crippen LogP contribution in [-0.2, 0) is 14.8 Å². The summed E-state index contributed by atoms with van der Waals surface area (Å²) >= 11 is 6.09. The van der Waals surface area contributed by atoms with E-state index >= 15 is 0 Å². The molecule has 3 aromatic carbocycles. The van der Waals surface area contributed by atoms with E-state index in [2.05, 4.69) is 5.32 Å². The van der Waals surface area contributed by atoms with Crippen LogP contribution in [0, 0.1) is 13.8 Å². The lowest BCUT2D eigenvalue weighted by Gasteiger charge is -2.26. The number of sulfonamides is 1. The number of aryl methyl sites for hydroxylation is 2. The molecule has 0 fully saturated rings. The maximum absolute atomic E-state index is 13.6. The molecule has 0 aromatic heterocycles. The van der Waals surface area contributed by atoms with E-state index in [9.17, 15) is 13.2 Å². The largest absolute Gasteiger partial charge is 0.494 e. The van der Waals surface area contributed by atoms with Crippen molar-refractivity contribution in [2.24, 2.45) is 0 Å². The van der Waals surface area contributed by atoms with E-state index in [1.807, 2.05) is 45.0 Å². The fraction of sp³-hybridized carbons (Fsp3) is 0.269. The highest BCUT2D eigenvalue weighted by Gasteiger charge is 2.28. The Hall–Kier alpha value is -3.03. The number of rotatable bonds is 9. The van der Waals surface area contributed by atoms with Crippen molar-refractivity contribution in [3.8, 4) is 5.75 Å². The Balaban J connectivity index is 1.87. The fourth-order valence-electron chi connectivity index (χ4n) is 3.56. The number of nitrogens with one attached hydrogen (secondary N) is 1. The summed E-state index contributed by atoms with van der Waals surface area (Å²) in [6.07, 6.45) is 0. The number of hydrogen-bond acceptors (Lipinski definition) is 4. The molecule has 0 aliphatic rings. The highest BCUT2D eigenvalue weighted by atomic mass is 35.5. The van der Waals surface area contributed by atoms with E-state index in [4.69, 9.17) is 16.3 Å². The molecule has 0 aliphatic carbocycles. The Labute approximate surface area is 206 Å². The van der Waals surface area contributed by atoms with Crippen LogP contribution in [0.5, 0.6) is 5.75 Å². The summed E-state index contributed by atoms with van der Waals surface area (Å²) in [4.78, 5) is 13.1. The number of nitrogens with zero attached hydrogens (tertiary/aromatic N) is 1. The summed E-state index contributed by atoms with van der Waals surface area (Å²) < 4.78 is 33.7. The monoisotopic (exact) mass is 500 g/mol. The number of carbonyl (C=O) groups excluding carboxylic acids is 1. The van der Waals surface area contributed by atoms with E-state index in [1.54, 1.807) is 49.4 Å². The summed E-state index contributed by atoms with van der Waals surface area (Å²) in [6, 6.07) is 18.6. The van der Waals surface area contributed by atoms with Crippen LogP contribution in [0.25, 0.3) is 0 Å². The molecular formula is C26H29ClN2O4S. The van der Waals surface area contributed by atoms with Crippen molar-refractivity contribution in [3.63, 3.8) is 0 Å². The van der Waals surface area contributed by atoms with Gasteiger partial charge in [-0.1, -0.05) is 41.4 Å². The predicted octanol–water partition coefficient (Wildman–Crippen LogP) is 5.43. The molecule has 180 valence electrons. The van der Waals surface area contributed by atoms with Gasteiger partial charge >= 0.3 is 0 Å². The minimum Gasteiger partial charge on any atom is -0.494 e. The summed E-state index contributed by atoms with van der Waals surface area (Å²) in [6.45, 7) is 7.60. The minimum atomic E-state index is -4.00. The number of ether oxygens (including phenoxy) is 1. The second-order valence-electron chi connectivity index (χ2n) is 8.05. The van der Waals surface area contributed by atoms with Crippen molar-refractivity contribution in [1.29, 1.82) is 0 Å². The first-order valence-electron chi connectivity index (χ1n) is 11.0. The third-order valence-corrected chi connectivity index (χ3v) is 7.40. The lowest BCUT2D eigenvalue weighted by Crippen LogP contribution is -2.41. The molecule has 0 saturated heterocycles. The molecule has 0 heterocycles. The van der Waals surface area contributed by atoms with Crippen LogP contribution >= 0.6 is 11.6 Å². The van der Waals surface area contributed by atoms with Gasteiger partial charge in [0.05, 0.1) is 23.2 Å². The second-order valence-corrected chi connectivity index (χ2v) is 10.3. The van der Waals surface area contributed by atoms with Gasteiger partial charge in [0, 0.05) is 5.02 Å². The predicted molar refractivity (Wildman–Crippen MR) is 136 cm³/mol. The SMILES string of the molecule is CCOc1ccc([C@H](C)NC(=O)CN(c2ccc(Cl)cc2C)S(=O)(=O)c2ccc(C)cc2)cc1. The first-order valence-corrected chi connectivity index (χ1v) is 12.8. The molecule has 0 radical (unpaired) electrons. The molecule has 0 spiro atoms. The summed E-state index contributed by atoms with van der Waals surface area (Å²) in [5.41, 5.74) is 2.87. The standard InChI is InChI=1S/C26H29ClN2O4S/c1-5-33-23-11-8-21(9-12-23)20(4)28-26(30)17-29(25-15-10-22(27)16-19(25)3)34(31,32)24-13-6-18(2)7-14-24/h6-16,20H,5,17H2,1-4H3,(H,28,30)/t20-/m0/s1. The van der Waals surface area contributed by atoms with Crippen molar-refractivity contribution in [2.75, 3.05) is 17.5 Å². The van der Waals surface area contributed by atoms with Gasteiger partial charge in [0.1, 0.15) is 12.3 Å². The molecule has 0 aliphatic heterocycles. The number of amides is 1. The van der Waals surface area contributed by atoms with Crippen LogP contribution in [0.4, 0.5) is 5.69 Å². The number of halogens is 1. The molecule has 6 nitrogen and oxygen atoms in total.